The molecule has 0 aromatic heterocycles. The van der Waals surface area contributed by atoms with E-state index in [-0.39, 0.29) is 0 Å². The minimum absolute atomic E-state index is 0.331. The number of benzene rings is 1. The Morgan fingerprint density at radius 1 is 1.10 bits per heavy atom. The van der Waals surface area contributed by atoms with E-state index in [9.17, 15) is 8.42 Å². The van der Waals surface area contributed by atoms with Gasteiger partial charge in [-0.05, 0) is 56.5 Å². The van der Waals surface area contributed by atoms with Crippen molar-refractivity contribution in [1.82, 2.24) is 5.32 Å². The third-order valence-electron chi connectivity index (χ3n) is 3.60. The normalized spacial score (nSPS) is 15.1. The van der Waals surface area contributed by atoms with Gasteiger partial charge in [-0.3, -0.25) is 0 Å². The van der Waals surface area contributed by atoms with Gasteiger partial charge in [-0.15, -0.1) is 0 Å². The first-order valence-corrected chi connectivity index (χ1v) is 9.61. The van der Waals surface area contributed by atoms with E-state index in [0.29, 0.717) is 11.5 Å². The summed E-state index contributed by atoms with van der Waals surface area (Å²) in [6, 6.07) is 7.43. The van der Waals surface area contributed by atoms with Crippen LogP contribution >= 0.6 is 0 Å². The molecule has 1 N–H and O–H groups in total. The largest absolute Gasteiger partial charge is 0.494 e. The predicted octanol–water partition coefficient (Wildman–Crippen LogP) is 2.78. The molecule has 0 spiro atoms. The van der Waals surface area contributed by atoms with Crippen molar-refractivity contribution in [3.8, 4) is 5.75 Å². The summed E-state index contributed by atoms with van der Waals surface area (Å²) in [7, 11) is -3.12. The number of rotatable bonds is 10. The van der Waals surface area contributed by atoms with E-state index in [4.69, 9.17) is 4.74 Å². The summed E-state index contributed by atoms with van der Waals surface area (Å²) in [4.78, 5) is 0.331. The Hall–Kier alpha value is -1.07. The summed E-state index contributed by atoms with van der Waals surface area (Å²) >= 11 is 0. The van der Waals surface area contributed by atoms with Gasteiger partial charge < -0.3 is 10.1 Å². The van der Waals surface area contributed by atoms with Crippen LogP contribution in [0.5, 0.6) is 5.75 Å². The summed E-state index contributed by atoms with van der Waals surface area (Å²) < 4.78 is 28.3. The van der Waals surface area contributed by atoms with Crippen LogP contribution in [0.1, 0.15) is 38.5 Å². The summed E-state index contributed by atoms with van der Waals surface area (Å²) in [5.74, 6) is 0.734. The standard InChI is InChI=1S/C16H25NO3S/c1-21(18,19)16-10-8-15(9-11-16)20-13-5-3-2-4-12-17-14-6-7-14/h8-11,14,17H,2-7,12-13H2,1H3. The summed E-state index contributed by atoms with van der Waals surface area (Å²) in [6.45, 7) is 1.83. The van der Waals surface area contributed by atoms with E-state index < -0.39 is 9.84 Å². The molecule has 21 heavy (non-hydrogen) atoms. The lowest BCUT2D eigenvalue weighted by Crippen LogP contribution is -2.17. The Labute approximate surface area is 127 Å². The smallest absolute Gasteiger partial charge is 0.175 e. The molecule has 0 bridgehead atoms. The SMILES string of the molecule is CS(=O)(=O)c1ccc(OCCCCCCNC2CC2)cc1. The van der Waals surface area contributed by atoms with Gasteiger partial charge in [-0.25, -0.2) is 8.42 Å². The fourth-order valence-electron chi connectivity index (χ4n) is 2.15. The van der Waals surface area contributed by atoms with Gasteiger partial charge in [0.2, 0.25) is 0 Å². The maximum Gasteiger partial charge on any atom is 0.175 e. The van der Waals surface area contributed by atoms with Crippen LogP contribution in [0.15, 0.2) is 29.2 Å². The Bertz CT molecular complexity index is 521. The molecule has 2 rings (SSSR count). The van der Waals surface area contributed by atoms with E-state index in [1.54, 1.807) is 24.3 Å². The van der Waals surface area contributed by atoms with Crippen LogP contribution in [-0.4, -0.2) is 33.9 Å². The first-order valence-electron chi connectivity index (χ1n) is 7.72. The Morgan fingerprint density at radius 3 is 2.38 bits per heavy atom. The zero-order valence-electron chi connectivity index (χ0n) is 12.7. The second kappa shape index (κ2) is 7.80. The van der Waals surface area contributed by atoms with Crippen molar-refractivity contribution in [3.05, 3.63) is 24.3 Å². The first kappa shape index (κ1) is 16.3. The second-order valence-corrected chi connectivity index (χ2v) is 7.75. The minimum Gasteiger partial charge on any atom is -0.494 e. The van der Waals surface area contributed by atoms with Crippen LogP contribution in [0.3, 0.4) is 0 Å². The van der Waals surface area contributed by atoms with Crippen LogP contribution in [-0.2, 0) is 9.84 Å². The molecule has 1 aromatic rings. The molecule has 0 atom stereocenters. The minimum atomic E-state index is -3.12. The molecule has 4 nitrogen and oxygen atoms in total. The van der Waals surface area contributed by atoms with E-state index in [1.807, 2.05) is 0 Å². The molecule has 118 valence electrons. The topological polar surface area (TPSA) is 55.4 Å². The summed E-state index contributed by atoms with van der Waals surface area (Å²) in [5, 5.41) is 3.51. The fraction of sp³-hybridized carbons (Fsp3) is 0.625. The molecule has 1 fully saturated rings. The van der Waals surface area contributed by atoms with Gasteiger partial charge >= 0.3 is 0 Å². The van der Waals surface area contributed by atoms with Crippen molar-refractivity contribution in [2.75, 3.05) is 19.4 Å². The quantitative estimate of drug-likeness (QED) is 0.675. The number of unbranched alkanes of at least 4 members (excludes halogenated alkanes) is 3. The average molecular weight is 311 g/mol. The van der Waals surface area contributed by atoms with Gasteiger partial charge in [0.15, 0.2) is 9.84 Å². The van der Waals surface area contributed by atoms with E-state index in [0.717, 1.165) is 24.8 Å². The van der Waals surface area contributed by atoms with Crippen molar-refractivity contribution >= 4 is 9.84 Å². The van der Waals surface area contributed by atoms with Crippen LogP contribution < -0.4 is 10.1 Å². The van der Waals surface area contributed by atoms with Crippen molar-refractivity contribution in [2.24, 2.45) is 0 Å². The average Bonchev–Trinajstić information content (AvgIpc) is 3.25. The highest BCUT2D eigenvalue weighted by Gasteiger charge is 2.19. The Morgan fingerprint density at radius 2 is 1.76 bits per heavy atom. The number of ether oxygens (including phenoxy) is 1. The molecule has 1 aromatic carbocycles. The number of hydrogen-bond donors (Lipinski definition) is 1. The third kappa shape index (κ3) is 6.48. The zero-order valence-corrected chi connectivity index (χ0v) is 13.5. The van der Waals surface area contributed by atoms with Crippen molar-refractivity contribution < 1.29 is 13.2 Å². The number of nitrogens with one attached hydrogen (secondary N) is 1. The van der Waals surface area contributed by atoms with Crippen LogP contribution in [0.4, 0.5) is 0 Å². The molecule has 0 aliphatic heterocycles. The van der Waals surface area contributed by atoms with E-state index in [1.165, 1.54) is 38.4 Å². The van der Waals surface area contributed by atoms with Gasteiger partial charge in [0.1, 0.15) is 5.75 Å². The lowest BCUT2D eigenvalue weighted by atomic mass is 10.2. The lowest BCUT2D eigenvalue weighted by Gasteiger charge is -2.07. The van der Waals surface area contributed by atoms with Crippen LogP contribution in [0.25, 0.3) is 0 Å². The van der Waals surface area contributed by atoms with E-state index in [2.05, 4.69) is 5.32 Å². The molecule has 0 radical (unpaired) electrons. The molecular formula is C16H25NO3S. The molecular weight excluding hydrogens is 286 g/mol. The van der Waals surface area contributed by atoms with E-state index >= 15 is 0 Å². The predicted molar refractivity (Wildman–Crippen MR) is 84.5 cm³/mol. The summed E-state index contributed by atoms with van der Waals surface area (Å²) in [6.07, 6.45) is 8.60. The Kier molecular flexibility index (Phi) is 6.06. The molecule has 0 heterocycles. The maximum absolute atomic E-state index is 11.3. The first-order chi connectivity index (χ1) is 10.1. The van der Waals surface area contributed by atoms with Crippen molar-refractivity contribution in [2.45, 2.75) is 49.5 Å². The number of hydrogen-bond acceptors (Lipinski definition) is 4. The molecule has 1 saturated carbocycles. The van der Waals surface area contributed by atoms with Crippen LogP contribution in [0, 0.1) is 0 Å². The highest BCUT2D eigenvalue weighted by Crippen LogP contribution is 2.18. The number of sulfone groups is 1. The molecule has 5 heteroatoms. The molecule has 1 aliphatic rings. The third-order valence-corrected chi connectivity index (χ3v) is 4.73. The van der Waals surface area contributed by atoms with Crippen molar-refractivity contribution in [3.63, 3.8) is 0 Å². The Balaban J connectivity index is 1.53. The molecule has 1 aliphatic carbocycles. The fourth-order valence-corrected chi connectivity index (χ4v) is 2.78. The lowest BCUT2D eigenvalue weighted by molar-refractivity contribution is 0.304. The van der Waals surface area contributed by atoms with Gasteiger partial charge in [-0.2, -0.15) is 0 Å². The molecule has 0 saturated heterocycles. The second-order valence-electron chi connectivity index (χ2n) is 5.73. The summed E-state index contributed by atoms with van der Waals surface area (Å²) in [5.41, 5.74) is 0. The van der Waals surface area contributed by atoms with Crippen molar-refractivity contribution in [1.29, 1.82) is 0 Å². The van der Waals surface area contributed by atoms with Gasteiger partial charge in [0.25, 0.3) is 0 Å². The van der Waals surface area contributed by atoms with Gasteiger partial charge in [-0.1, -0.05) is 12.8 Å². The van der Waals surface area contributed by atoms with Gasteiger partial charge in [0.05, 0.1) is 11.5 Å². The maximum atomic E-state index is 11.3. The molecule has 0 unspecified atom stereocenters. The van der Waals surface area contributed by atoms with Crippen LogP contribution in [0.2, 0.25) is 0 Å². The van der Waals surface area contributed by atoms with Gasteiger partial charge in [0, 0.05) is 12.3 Å². The zero-order chi connectivity index (χ0) is 15.1. The highest BCUT2D eigenvalue weighted by atomic mass is 32.2. The molecule has 0 amide bonds. The monoisotopic (exact) mass is 311 g/mol. The highest BCUT2D eigenvalue weighted by molar-refractivity contribution is 7.90.